The Morgan fingerprint density at radius 1 is 1.35 bits per heavy atom. The van der Waals surface area contributed by atoms with Gasteiger partial charge in [0.1, 0.15) is 23.1 Å². The molecule has 0 fully saturated rings. The maximum absolute atomic E-state index is 6.00. The second-order valence-corrected chi connectivity index (χ2v) is 5.52. The van der Waals surface area contributed by atoms with E-state index in [0.29, 0.717) is 31.0 Å². The zero-order valence-electron chi connectivity index (χ0n) is 8.28. The quantitative estimate of drug-likeness (QED) is 0.852. The topological polar surface area (TPSA) is 61.0 Å². The van der Waals surface area contributed by atoms with Crippen LogP contribution in [0.4, 0.5) is 5.00 Å². The van der Waals surface area contributed by atoms with Crippen molar-refractivity contribution in [2.24, 2.45) is 0 Å². The van der Waals surface area contributed by atoms with Gasteiger partial charge >= 0.3 is 0 Å². The van der Waals surface area contributed by atoms with Crippen molar-refractivity contribution in [2.45, 2.75) is 6.61 Å². The molecule has 1 heterocycles. The van der Waals surface area contributed by atoms with E-state index >= 15 is 0 Å². The number of nitrogen functional groups attached to an aromatic ring is 1. The molecule has 0 amide bonds. The number of ether oxygens (including phenoxy) is 1. The summed E-state index contributed by atoms with van der Waals surface area (Å²) < 4.78 is 9.91. The van der Waals surface area contributed by atoms with Crippen molar-refractivity contribution in [1.82, 2.24) is 9.59 Å². The van der Waals surface area contributed by atoms with Crippen LogP contribution < -0.4 is 10.5 Å². The average Bonchev–Trinajstić information content (AvgIpc) is 2.68. The summed E-state index contributed by atoms with van der Waals surface area (Å²) in [4.78, 5) is 0. The maximum Gasteiger partial charge on any atom is 0.140 e. The Hall–Kier alpha value is -0.560. The van der Waals surface area contributed by atoms with Gasteiger partial charge in [-0.05, 0) is 22.0 Å². The average molecular weight is 355 g/mol. The molecule has 17 heavy (non-hydrogen) atoms. The van der Waals surface area contributed by atoms with Gasteiger partial charge in [-0.15, -0.1) is 5.10 Å². The van der Waals surface area contributed by atoms with Gasteiger partial charge in [0.15, 0.2) is 0 Å². The Labute approximate surface area is 120 Å². The van der Waals surface area contributed by atoms with Gasteiger partial charge in [0, 0.05) is 22.1 Å². The van der Waals surface area contributed by atoms with Crippen LogP contribution in [-0.2, 0) is 6.61 Å². The third kappa shape index (κ3) is 3.01. The first-order chi connectivity index (χ1) is 8.08. The van der Waals surface area contributed by atoms with Crippen LogP contribution in [0.5, 0.6) is 5.75 Å². The highest BCUT2D eigenvalue weighted by Crippen LogP contribution is 2.34. The second-order valence-electron chi connectivity index (χ2n) is 3.07. The number of hydrogen-bond acceptors (Lipinski definition) is 5. The summed E-state index contributed by atoms with van der Waals surface area (Å²) in [6.07, 6.45) is 0. The third-order valence-electron chi connectivity index (χ3n) is 1.92. The number of anilines is 1. The number of benzene rings is 1. The Kier molecular flexibility index (Phi) is 4.09. The van der Waals surface area contributed by atoms with E-state index in [0.717, 1.165) is 11.5 Å². The van der Waals surface area contributed by atoms with Crippen molar-refractivity contribution >= 4 is 55.7 Å². The number of nitrogens with two attached hydrogens (primary N) is 1. The highest BCUT2D eigenvalue weighted by atomic mass is 79.9. The van der Waals surface area contributed by atoms with Crippen LogP contribution in [0.2, 0.25) is 10.0 Å². The number of halogens is 3. The van der Waals surface area contributed by atoms with E-state index in [9.17, 15) is 0 Å². The van der Waals surface area contributed by atoms with Crippen molar-refractivity contribution in [3.05, 3.63) is 32.3 Å². The molecule has 0 spiro atoms. The lowest BCUT2D eigenvalue weighted by atomic mass is 10.3. The van der Waals surface area contributed by atoms with E-state index in [1.54, 1.807) is 12.1 Å². The van der Waals surface area contributed by atoms with Crippen molar-refractivity contribution in [3.8, 4) is 5.75 Å². The van der Waals surface area contributed by atoms with Crippen LogP contribution in [0, 0.1) is 0 Å². The van der Waals surface area contributed by atoms with Crippen LogP contribution in [0.25, 0.3) is 0 Å². The number of hydrogen-bond donors (Lipinski definition) is 1. The van der Waals surface area contributed by atoms with Gasteiger partial charge in [0.25, 0.3) is 0 Å². The fourth-order valence-electron chi connectivity index (χ4n) is 1.08. The SMILES string of the molecule is Nc1snnc1COc1cc(Cl)c(Br)cc1Cl. The molecule has 0 aliphatic rings. The monoisotopic (exact) mass is 353 g/mol. The van der Waals surface area contributed by atoms with Gasteiger partial charge in [0.05, 0.1) is 10.0 Å². The lowest BCUT2D eigenvalue weighted by Gasteiger charge is -2.08. The van der Waals surface area contributed by atoms with Crippen molar-refractivity contribution in [2.75, 3.05) is 5.73 Å². The van der Waals surface area contributed by atoms with Gasteiger partial charge in [-0.25, -0.2) is 0 Å². The minimum atomic E-state index is 0.208. The van der Waals surface area contributed by atoms with Crippen LogP contribution in [0.3, 0.4) is 0 Å². The predicted molar refractivity (Wildman–Crippen MR) is 72.8 cm³/mol. The largest absolute Gasteiger partial charge is 0.485 e. The van der Waals surface area contributed by atoms with Gasteiger partial charge in [0.2, 0.25) is 0 Å². The minimum absolute atomic E-state index is 0.208. The summed E-state index contributed by atoms with van der Waals surface area (Å²) in [6, 6.07) is 3.30. The van der Waals surface area contributed by atoms with E-state index in [1.165, 1.54) is 0 Å². The predicted octanol–water partition coefficient (Wildman–Crippen LogP) is 3.77. The van der Waals surface area contributed by atoms with Gasteiger partial charge in [-0.2, -0.15) is 0 Å². The number of nitrogens with zero attached hydrogens (tertiary/aromatic N) is 2. The lowest BCUT2D eigenvalue weighted by Crippen LogP contribution is -1.99. The number of rotatable bonds is 3. The molecule has 1 aromatic carbocycles. The molecule has 0 unspecified atom stereocenters. The van der Waals surface area contributed by atoms with Crippen LogP contribution in [0.15, 0.2) is 16.6 Å². The molecule has 2 rings (SSSR count). The fraction of sp³-hybridized carbons (Fsp3) is 0.111. The van der Waals surface area contributed by atoms with Crippen LogP contribution in [-0.4, -0.2) is 9.59 Å². The molecule has 0 saturated carbocycles. The third-order valence-corrected chi connectivity index (χ3v) is 4.01. The van der Waals surface area contributed by atoms with E-state index in [4.69, 9.17) is 33.7 Å². The van der Waals surface area contributed by atoms with Gasteiger partial charge in [-0.1, -0.05) is 27.7 Å². The molecule has 1 aromatic heterocycles. The first-order valence-electron chi connectivity index (χ1n) is 4.42. The molecule has 0 saturated heterocycles. The van der Waals surface area contributed by atoms with Crippen molar-refractivity contribution in [3.63, 3.8) is 0 Å². The maximum atomic E-state index is 6.00. The van der Waals surface area contributed by atoms with Crippen LogP contribution in [0.1, 0.15) is 5.69 Å². The molecular formula is C9H6BrCl2N3OS. The molecule has 2 aromatic rings. The number of aromatic nitrogens is 2. The highest BCUT2D eigenvalue weighted by molar-refractivity contribution is 9.10. The summed E-state index contributed by atoms with van der Waals surface area (Å²) in [7, 11) is 0. The molecule has 8 heteroatoms. The molecule has 4 nitrogen and oxygen atoms in total. The first-order valence-corrected chi connectivity index (χ1v) is 6.74. The summed E-state index contributed by atoms with van der Waals surface area (Å²) in [6.45, 7) is 0.208. The summed E-state index contributed by atoms with van der Waals surface area (Å²) in [5.41, 5.74) is 6.23. The molecule has 0 atom stereocenters. The Balaban J connectivity index is 2.14. The fourth-order valence-corrected chi connectivity index (χ4v) is 2.36. The first kappa shape index (κ1) is 12.9. The Morgan fingerprint density at radius 3 is 2.76 bits per heavy atom. The summed E-state index contributed by atoms with van der Waals surface area (Å²) in [5.74, 6) is 0.479. The van der Waals surface area contributed by atoms with E-state index < -0.39 is 0 Å². The van der Waals surface area contributed by atoms with E-state index in [-0.39, 0.29) is 6.61 Å². The molecular weight excluding hydrogens is 349 g/mol. The Morgan fingerprint density at radius 2 is 2.12 bits per heavy atom. The summed E-state index contributed by atoms with van der Waals surface area (Å²) >= 11 is 16.3. The molecule has 0 radical (unpaired) electrons. The standard InChI is InChI=1S/C9H6BrCl2N3OS/c10-4-1-6(12)8(2-5(4)11)16-3-7-9(13)17-15-14-7/h1-2H,3,13H2. The normalized spacial score (nSPS) is 10.5. The Bertz CT molecular complexity index is 549. The van der Waals surface area contributed by atoms with Crippen molar-refractivity contribution < 1.29 is 4.74 Å². The van der Waals surface area contributed by atoms with Crippen molar-refractivity contribution in [1.29, 1.82) is 0 Å². The molecule has 90 valence electrons. The van der Waals surface area contributed by atoms with E-state index in [1.807, 2.05) is 0 Å². The second kappa shape index (κ2) is 5.39. The lowest BCUT2D eigenvalue weighted by molar-refractivity contribution is 0.302. The highest BCUT2D eigenvalue weighted by Gasteiger charge is 2.09. The molecule has 2 N–H and O–H groups in total. The molecule has 0 aliphatic carbocycles. The zero-order chi connectivity index (χ0) is 12.4. The van der Waals surface area contributed by atoms with E-state index in [2.05, 4.69) is 25.5 Å². The van der Waals surface area contributed by atoms with Crippen LogP contribution >= 0.6 is 50.7 Å². The zero-order valence-corrected chi connectivity index (χ0v) is 12.2. The van der Waals surface area contributed by atoms with Gasteiger partial charge < -0.3 is 10.5 Å². The van der Waals surface area contributed by atoms with Gasteiger partial charge in [-0.3, -0.25) is 0 Å². The minimum Gasteiger partial charge on any atom is -0.485 e. The smallest absolute Gasteiger partial charge is 0.140 e. The summed E-state index contributed by atoms with van der Waals surface area (Å²) in [5, 5.41) is 5.35. The molecule has 0 aliphatic heterocycles. The molecule has 0 bridgehead atoms.